The SMILES string of the molecule is CN(CC1CCCCO1)c1cccc(F)c1CN. The van der Waals surface area contributed by atoms with Crippen LogP contribution in [0.2, 0.25) is 0 Å². The molecule has 0 spiro atoms. The Morgan fingerprint density at radius 1 is 1.44 bits per heavy atom. The summed E-state index contributed by atoms with van der Waals surface area (Å²) in [5.41, 5.74) is 7.07. The Morgan fingerprint density at radius 2 is 2.28 bits per heavy atom. The first-order valence-corrected chi connectivity index (χ1v) is 6.52. The highest BCUT2D eigenvalue weighted by molar-refractivity contribution is 5.53. The van der Waals surface area contributed by atoms with Crippen LogP contribution in [0.4, 0.5) is 10.1 Å². The topological polar surface area (TPSA) is 38.5 Å². The molecule has 0 aliphatic carbocycles. The molecule has 1 aliphatic heterocycles. The Balaban J connectivity index is 2.07. The standard InChI is InChI=1S/C14H21FN2O/c1-17(10-11-5-2-3-8-18-11)14-7-4-6-13(15)12(14)9-16/h4,6-7,11H,2-3,5,8-10,16H2,1H3. The predicted molar refractivity (Wildman–Crippen MR) is 71.2 cm³/mol. The highest BCUT2D eigenvalue weighted by Crippen LogP contribution is 2.23. The number of hydrogen-bond donors (Lipinski definition) is 1. The molecule has 3 nitrogen and oxygen atoms in total. The van der Waals surface area contributed by atoms with Crippen molar-refractivity contribution in [2.24, 2.45) is 5.73 Å². The van der Waals surface area contributed by atoms with Gasteiger partial charge in [-0.15, -0.1) is 0 Å². The van der Waals surface area contributed by atoms with Gasteiger partial charge >= 0.3 is 0 Å². The van der Waals surface area contributed by atoms with E-state index >= 15 is 0 Å². The number of rotatable bonds is 4. The van der Waals surface area contributed by atoms with Gasteiger partial charge in [-0.05, 0) is 31.4 Å². The van der Waals surface area contributed by atoms with Crippen molar-refractivity contribution in [1.29, 1.82) is 0 Å². The van der Waals surface area contributed by atoms with Gasteiger partial charge < -0.3 is 15.4 Å². The molecule has 1 aromatic carbocycles. The first-order valence-electron chi connectivity index (χ1n) is 6.52. The van der Waals surface area contributed by atoms with E-state index in [1.165, 1.54) is 12.5 Å². The zero-order chi connectivity index (χ0) is 13.0. The fourth-order valence-electron chi connectivity index (χ4n) is 2.46. The molecule has 18 heavy (non-hydrogen) atoms. The van der Waals surface area contributed by atoms with Crippen molar-refractivity contribution < 1.29 is 9.13 Å². The largest absolute Gasteiger partial charge is 0.376 e. The molecule has 0 saturated carbocycles. The van der Waals surface area contributed by atoms with Crippen molar-refractivity contribution in [3.63, 3.8) is 0 Å². The summed E-state index contributed by atoms with van der Waals surface area (Å²) in [5, 5.41) is 0. The van der Waals surface area contributed by atoms with Crippen LogP contribution in [0.5, 0.6) is 0 Å². The lowest BCUT2D eigenvalue weighted by molar-refractivity contribution is 0.0216. The summed E-state index contributed by atoms with van der Waals surface area (Å²) >= 11 is 0. The van der Waals surface area contributed by atoms with E-state index in [4.69, 9.17) is 10.5 Å². The van der Waals surface area contributed by atoms with E-state index in [1.807, 2.05) is 18.0 Å². The van der Waals surface area contributed by atoms with E-state index in [0.29, 0.717) is 5.56 Å². The van der Waals surface area contributed by atoms with E-state index in [0.717, 1.165) is 31.7 Å². The molecule has 0 amide bonds. The third-order valence-corrected chi connectivity index (χ3v) is 3.46. The summed E-state index contributed by atoms with van der Waals surface area (Å²) < 4.78 is 19.4. The summed E-state index contributed by atoms with van der Waals surface area (Å²) in [5.74, 6) is -0.230. The van der Waals surface area contributed by atoms with Crippen LogP contribution in [0.1, 0.15) is 24.8 Å². The molecule has 0 bridgehead atoms. The highest BCUT2D eigenvalue weighted by Gasteiger charge is 2.18. The van der Waals surface area contributed by atoms with E-state index in [2.05, 4.69) is 0 Å². The summed E-state index contributed by atoms with van der Waals surface area (Å²) in [7, 11) is 1.96. The molecule has 1 unspecified atom stereocenters. The number of ether oxygens (including phenoxy) is 1. The average Bonchev–Trinajstić information content (AvgIpc) is 2.39. The molecular weight excluding hydrogens is 231 g/mol. The number of likely N-dealkylation sites (N-methyl/N-ethyl adjacent to an activating group) is 1. The van der Waals surface area contributed by atoms with E-state index < -0.39 is 0 Å². The second-order valence-electron chi connectivity index (χ2n) is 4.81. The minimum Gasteiger partial charge on any atom is -0.376 e. The lowest BCUT2D eigenvalue weighted by atomic mass is 10.1. The van der Waals surface area contributed by atoms with Crippen LogP contribution in [0.15, 0.2) is 18.2 Å². The fourth-order valence-corrected chi connectivity index (χ4v) is 2.46. The highest BCUT2D eigenvalue weighted by atomic mass is 19.1. The summed E-state index contributed by atoms with van der Waals surface area (Å²) in [6, 6.07) is 5.09. The maximum Gasteiger partial charge on any atom is 0.129 e. The molecule has 1 aliphatic rings. The zero-order valence-electron chi connectivity index (χ0n) is 10.9. The van der Waals surface area contributed by atoms with E-state index in [9.17, 15) is 4.39 Å². The van der Waals surface area contributed by atoms with Crippen LogP contribution in [0.3, 0.4) is 0 Å². The third-order valence-electron chi connectivity index (χ3n) is 3.46. The lowest BCUT2D eigenvalue weighted by Gasteiger charge is -2.29. The van der Waals surface area contributed by atoms with Gasteiger partial charge in [-0.2, -0.15) is 0 Å². The van der Waals surface area contributed by atoms with Crippen molar-refractivity contribution in [1.82, 2.24) is 0 Å². The normalized spacial score (nSPS) is 19.8. The first kappa shape index (κ1) is 13.3. The maximum absolute atomic E-state index is 13.7. The minimum absolute atomic E-state index is 0.220. The van der Waals surface area contributed by atoms with Gasteiger partial charge in [0.25, 0.3) is 0 Å². The molecule has 100 valence electrons. The van der Waals surface area contributed by atoms with Crippen LogP contribution < -0.4 is 10.6 Å². The molecule has 1 aromatic rings. The average molecular weight is 252 g/mol. The van der Waals surface area contributed by atoms with Gasteiger partial charge in [0, 0.05) is 38.0 Å². The van der Waals surface area contributed by atoms with E-state index in [-0.39, 0.29) is 18.5 Å². The van der Waals surface area contributed by atoms with Gasteiger partial charge in [-0.1, -0.05) is 6.07 Å². The van der Waals surface area contributed by atoms with Crippen molar-refractivity contribution in [3.8, 4) is 0 Å². The molecule has 1 fully saturated rings. The quantitative estimate of drug-likeness (QED) is 0.893. The Kier molecular flexibility index (Phi) is 4.55. The minimum atomic E-state index is -0.230. The third kappa shape index (κ3) is 3.00. The van der Waals surface area contributed by atoms with Crippen LogP contribution in [0, 0.1) is 5.82 Å². The summed E-state index contributed by atoms with van der Waals surface area (Å²) in [6.45, 7) is 1.85. The first-order chi connectivity index (χ1) is 8.72. The lowest BCUT2D eigenvalue weighted by Crippen LogP contribution is -2.34. The summed E-state index contributed by atoms with van der Waals surface area (Å²) in [4.78, 5) is 2.04. The predicted octanol–water partition coefficient (Wildman–Crippen LogP) is 2.29. The van der Waals surface area contributed by atoms with Crippen LogP contribution in [-0.4, -0.2) is 26.3 Å². The molecule has 1 atom stereocenters. The number of anilines is 1. The number of nitrogens with zero attached hydrogens (tertiary/aromatic N) is 1. The van der Waals surface area contributed by atoms with Crippen LogP contribution >= 0.6 is 0 Å². The Hall–Kier alpha value is -1.13. The molecule has 2 N–H and O–H groups in total. The summed E-state index contributed by atoms with van der Waals surface area (Å²) in [6.07, 6.45) is 3.69. The Morgan fingerprint density at radius 3 is 2.94 bits per heavy atom. The molecular formula is C14H21FN2O. The molecule has 4 heteroatoms. The molecule has 0 aromatic heterocycles. The van der Waals surface area contributed by atoms with Gasteiger partial charge in [0.1, 0.15) is 5.82 Å². The molecule has 0 radical (unpaired) electrons. The monoisotopic (exact) mass is 252 g/mol. The molecule has 1 saturated heterocycles. The van der Waals surface area contributed by atoms with Crippen LogP contribution in [0.25, 0.3) is 0 Å². The Bertz CT molecular complexity index is 391. The number of halogens is 1. The fraction of sp³-hybridized carbons (Fsp3) is 0.571. The second kappa shape index (κ2) is 6.16. The van der Waals surface area contributed by atoms with Gasteiger partial charge in [0.2, 0.25) is 0 Å². The number of hydrogen-bond acceptors (Lipinski definition) is 3. The van der Waals surface area contributed by atoms with Gasteiger partial charge in [0.15, 0.2) is 0 Å². The number of nitrogens with two attached hydrogens (primary N) is 1. The zero-order valence-corrected chi connectivity index (χ0v) is 10.9. The molecule has 1 heterocycles. The van der Waals surface area contributed by atoms with Gasteiger partial charge in [0.05, 0.1) is 6.10 Å². The molecule has 2 rings (SSSR count). The van der Waals surface area contributed by atoms with E-state index in [1.54, 1.807) is 6.07 Å². The van der Waals surface area contributed by atoms with Gasteiger partial charge in [-0.3, -0.25) is 0 Å². The maximum atomic E-state index is 13.7. The van der Waals surface area contributed by atoms with Crippen molar-refractivity contribution in [2.75, 3.05) is 25.1 Å². The van der Waals surface area contributed by atoms with Crippen molar-refractivity contribution in [3.05, 3.63) is 29.6 Å². The smallest absolute Gasteiger partial charge is 0.129 e. The Labute approximate surface area is 108 Å². The van der Waals surface area contributed by atoms with Crippen molar-refractivity contribution >= 4 is 5.69 Å². The second-order valence-corrected chi connectivity index (χ2v) is 4.81. The van der Waals surface area contributed by atoms with Crippen LogP contribution in [-0.2, 0) is 11.3 Å². The van der Waals surface area contributed by atoms with Crippen molar-refractivity contribution in [2.45, 2.75) is 31.9 Å². The number of benzene rings is 1. The van der Waals surface area contributed by atoms with Gasteiger partial charge in [-0.25, -0.2) is 4.39 Å².